The van der Waals surface area contributed by atoms with Crippen molar-refractivity contribution in [3.05, 3.63) is 71.5 Å². The number of ether oxygens (including phenoxy) is 2. The maximum absolute atomic E-state index is 12.9. The summed E-state index contributed by atoms with van der Waals surface area (Å²) in [5.41, 5.74) is 3.46. The van der Waals surface area contributed by atoms with Crippen LogP contribution in [0.3, 0.4) is 0 Å². The van der Waals surface area contributed by atoms with Crippen molar-refractivity contribution in [2.24, 2.45) is 5.10 Å². The molecule has 0 saturated carbocycles. The van der Waals surface area contributed by atoms with E-state index in [1.54, 1.807) is 14.2 Å². The summed E-state index contributed by atoms with van der Waals surface area (Å²) in [7, 11) is 3.16. The smallest absolute Gasteiger partial charge is 0.271 e. The number of carbonyl (C=O) groups is 1. The van der Waals surface area contributed by atoms with Crippen molar-refractivity contribution < 1.29 is 18.7 Å². The highest BCUT2D eigenvalue weighted by Crippen LogP contribution is 2.29. The van der Waals surface area contributed by atoms with Crippen molar-refractivity contribution in [2.45, 2.75) is 0 Å². The minimum absolute atomic E-state index is 0.315. The molecule has 5 nitrogen and oxygen atoms in total. The van der Waals surface area contributed by atoms with Gasteiger partial charge in [-0.05, 0) is 53.2 Å². The zero-order chi connectivity index (χ0) is 18.5. The minimum atomic E-state index is -0.432. The van der Waals surface area contributed by atoms with Crippen LogP contribution in [0.1, 0.15) is 15.9 Å². The number of nitrogens with zero attached hydrogens (tertiary/aromatic N) is 1. The topological polar surface area (TPSA) is 59.9 Å². The lowest BCUT2D eigenvalue weighted by molar-refractivity contribution is 0.0955. The van der Waals surface area contributed by atoms with E-state index in [1.165, 1.54) is 30.5 Å². The summed E-state index contributed by atoms with van der Waals surface area (Å²) in [5.74, 6) is 0.485. The summed E-state index contributed by atoms with van der Waals surface area (Å²) in [4.78, 5) is 12.1. The molecule has 0 unspecified atom stereocenters. The van der Waals surface area contributed by atoms with Crippen LogP contribution in [0.2, 0.25) is 0 Å². The molecule has 0 aliphatic rings. The molecule has 1 amide bonds. The van der Waals surface area contributed by atoms with Gasteiger partial charge in [0.25, 0.3) is 5.91 Å². The van der Waals surface area contributed by atoms with Crippen molar-refractivity contribution >= 4 is 22.9 Å². The van der Waals surface area contributed by atoms with E-state index in [0.29, 0.717) is 22.6 Å². The first-order valence-corrected chi connectivity index (χ1v) is 7.86. The van der Waals surface area contributed by atoms with Gasteiger partial charge in [-0.25, -0.2) is 9.82 Å². The number of hydrogen-bond donors (Lipinski definition) is 1. The predicted octanol–water partition coefficient (Wildman–Crippen LogP) is 3.76. The van der Waals surface area contributed by atoms with Gasteiger partial charge in [-0.15, -0.1) is 0 Å². The zero-order valence-electron chi connectivity index (χ0n) is 14.3. The second-order valence-electron chi connectivity index (χ2n) is 5.47. The van der Waals surface area contributed by atoms with E-state index in [2.05, 4.69) is 10.5 Å². The third kappa shape index (κ3) is 3.64. The Balaban J connectivity index is 1.90. The SMILES string of the molecule is COc1ccc2ccc(OC)c(/C=N\NC(=O)c3ccc(F)cc3)c2c1. The Morgan fingerprint density at radius 3 is 2.46 bits per heavy atom. The van der Waals surface area contributed by atoms with Gasteiger partial charge in [-0.1, -0.05) is 12.1 Å². The molecule has 132 valence electrons. The number of hydrogen-bond acceptors (Lipinski definition) is 4. The fourth-order valence-electron chi connectivity index (χ4n) is 2.56. The van der Waals surface area contributed by atoms with Crippen molar-refractivity contribution in [3.63, 3.8) is 0 Å². The molecule has 0 aliphatic carbocycles. The van der Waals surface area contributed by atoms with Gasteiger partial charge in [-0.3, -0.25) is 4.79 Å². The lowest BCUT2D eigenvalue weighted by Crippen LogP contribution is -2.17. The maximum Gasteiger partial charge on any atom is 0.271 e. The first-order valence-electron chi connectivity index (χ1n) is 7.86. The summed E-state index contributed by atoms with van der Waals surface area (Å²) in [6.07, 6.45) is 1.52. The Morgan fingerprint density at radius 2 is 1.77 bits per heavy atom. The number of methoxy groups -OCH3 is 2. The molecular weight excluding hydrogens is 335 g/mol. The third-order valence-corrected chi connectivity index (χ3v) is 3.92. The Labute approximate surface area is 150 Å². The molecule has 0 aliphatic heterocycles. The zero-order valence-corrected chi connectivity index (χ0v) is 14.3. The van der Waals surface area contributed by atoms with Crippen molar-refractivity contribution in [3.8, 4) is 11.5 Å². The monoisotopic (exact) mass is 352 g/mol. The second kappa shape index (κ2) is 7.65. The molecule has 0 atom stereocenters. The van der Waals surface area contributed by atoms with Gasteiger partial charge in [0.05, 0.1) is 20.4 Å². The average Bonchev–Trinajstić information content (AvgIpc) is 2.68. The number of rotatable bonds is 5. The van der Waals surface area contributed by atoms with Crippen LogP contribution in [0.5, 0.6) is 11.5 Å². The van der Waals surface area contributed by atoms with Crippen molar-refractivity contribution in [2.75, 3.05) is 14.2 Å². The highest BCUT2D eigenvalue weighted by molar-refractivity contribution is 6.03. The molecule has 0 bridgehead atoms. The van der Waals surface area contributed by atoms with Crippen LogP contribution in [0.25, 0.3) is 10.8 Å². The molecule has 0 heterocycles. The molecule has 0 saturated heterocycles. The fourth-order valence-corrected chi connectivity index (χ4v) is 2.56. The molecule has 0 radical (unpaired) electrons. The number of nitrogens with one attached hydrogen (secondary N) is 1. The van der Waals surface area contributed by atoms with Gasteiger partial charge in [0, 0.05) is 11.1 Å². The Bertz CT molecular complexity index is 963. The number of amides is 1. The number of halogens is 1. The fraction of sp³-hybridized carbons (Fsp3) is 0.100. The van der Waals surface area contributed by atoms with E-state index >= 15 is 0 Å². The van der Waals surface area contributed by atoms with Gasteiger partial charge in [-0.2, -0.15) is 5.10 Å². The van der Waals surface area contributed by atoms with Crippen LogP contribution in [0.15, 0.2) is 59.7 Å². The summed E-state index contributed by atoms with van der Waals surface area (Å²) < 4.78 is 23.6. The highest BCUT2D eigenvalue weighted by Gasteiger charge is 2.09. The standard InChI is InChI=1S/C20H17FN2O3/c1-25-16-9-5-13-6-10-19(26-2)18(17(13)11-16)12-22-23-20(24)14-3-7-15(21)8-4-14/h3-12H,1-2H3,(H,23,24)/b22-12-. The van der Waals surface area contributed by atoms with Crippen LogP contribution in [-0.2, 0) is 0 Å². The molecule has 0 fully saturated rings. The van der Waals surface area contributed by atoms with E-state index in [1.807, 2.05) is 30.3 Å². The summed E-state index contributed by atoms with van der Waals surface area (Å²) in [5, 5.41) is 5.88. The lowest BCUT2D eigenvalue weighted by Gasteiger charge is -2.10. The van der Waals surface area contributed by atoms with E-state index in [0.717, 1.165) is 10.8 Å². The minimum Gasteiger partial charge on any atom is -0.497 e. The second-order valence-corrected chi connectivity index (χ2v) is 5.47. The van der Waals surface area contributed by atoms with E-state index in [9.17, 15) is 9.18 Å². The molecule has 0 spiro atoms. The Hall–Kier alpha value is -3.41. The van der Waals surface area contributed by atoms with Gasteiger partial charge >= 0.3 is 0 Å². The molecule has 0 aromatic heterocycles. The van der Waals surface area contributed by atoms with Crippen LogP contribution in [0.4, 0.5) is 4.39 Å². The Kier molecular flexibility index (Phi) is 5.12. The highest BCUT2D eigenvalue weighted by atomic mass is 19.1. The van der Waals surface area contributed by atoms with Crippen LogP contribution in [0, 0.1) is 5.82 Å². The van der Waals surface area contributed by atoms with Crippen molar-refractivity contribution in [1.82, 2.24) is 5.43 Å². The van der Waals surface area contributed by atoms with Gasteiger partial charge < -0.3 is 9.47 Å². The van der Waals surface area contributed by atoms with Crippen LogP contribution < -0.4 is 14.9 Å². The quantitative estimate of drug-likeness (QED) is 0.562. The number of carbonyl (C=O) groups excluding carboxylic acids is 1. The summed E-state index contributed by atoms with van der Waals surface area (Å²) in [6.45, 7) is 0. The number of fused-ring (bicyclic) bond motifs is 1. The summed E-state index contributed by atoms with van der Waals surface area (Å²) >= 11 is 0. The molecule has 1 N–H and O–H groups in total. The lowest BCUT2D eigenvalue weighted by atomic mass is 10.0. The maximum atomic E-state index is 12.9. The molecule has 3 aromatic carbocycles. The van der Waals surface area contributed by atoms with Gasteiger partial charge in [0.2, 0.25) is 0 Å². The number of benzene rings is 3. The van der Waals surface area contributed by atoms with E-state index in [4.69, 9.17) is 9.47 Å². The summed E-state index contributed by atoms with van der Waals surface area (Å²) in [6, 6.07) is 14.7. The molecule has 6 heteroatoms. The molecular formula is C20H17FN2O3. The van der Waals surface area contributed by atoms with Crippen LogP contribution >= 0.6 is 0 Å². The predicted molar refractivity (Wildman–Crippen MR) is 98.5 cm³/mol. The van der Waals surface area contributed by atoms with E-state index < -0.39 is 11.7 Å². The number of hydrazone groups is 1. The van der Waals surface area contributed by atoms with Gasteiger partial charge in [0.15, 0.2) is 0 Å². The van der Waals surface area contributed by atoms with Crippen molar-refractivity contribution in [1.29, 1.82) is 0 Å². The van der Waals surface area contributed by atoms with Gasteiger partial charge in [0.1, 0.15) is 17.3 Å². The molecule has 3 aromatic rings. The van der Waals surface area contributed by atoms with Crippen LogP contribution in [-0.4, -0.2) is 26.3 Å². The first kappa shape index (κ1) is 17.4. The molecule has 26 heavy (non-hydrogen) atoms. The van der Waals surface area contributed by atoms with E-state index in [-0.39, 0.29) is 0 Å². The first-order chi connectivity index (χ1) is 12.6. The third-order valence-electron chi connectivity index (χ3n) is 3.92. The molecule has 3 rings (SSSR count). The normalized spacial score (nSPS) is 10.9. The largest absolute Gasteiger partial charge is 0.497 e. The Morgan fingerprint density at radius 1 is 1.04 bits per heavy atom. The average molecular weight is 352 g/mol.